The van der Waals surface area contributed by atoms with E-state index in [0.29, 0.717) is 6.04 Å². The molecule has 0 unspecified atom stereocenters. The van der Waals surface area contributed by atoms with Crippen LogP contribution in [0, 0.1) is 0 Å². The van der Waals surface area contributed by atoms with Crippen molar-refractivity contribution < 1.29 is 0 Å². The summed E-state index contributed by atoms with van der Waals surface area (Å²) in [5.41, 5.74) is 0.954. The maximum atomic E-state index is 4.68. The number of fused-ring (bicyclic) bond motifs is 1. The molecule has 2 aromatic rings. The molecule has 0 saturated heterocycles. The second kappa shape index (κ2) is 5.49. The van der Waals surface area contributed by atoms with Gasteiger partial charge in [-0.2, -0.15) is 0 Å². The van der Waals surface area contributed by atoms with Crippen molar-refractivity contribution in [1.82, 2.24) is 14.4 Å². The Morgan fingerprint density at radius 3 is 2.89 bits per heavy atom. The summed E-state index contributed by atoms with van der Waals surface area (Å²) in [6, 6.07) is 0.612. The van der Waals surface area contributed by atoms with Crippen LogP contribution < -0.4 is 4.90 Å². The molecule has 0 atom stereocenters. The molecular weight excluding hydrogens is 304 g/mol. The van der Waals surface area contributed by atoms with Crippen LogP contribution in [0.15, 0.2) is 23.2 Å². The van der Waals surface area contributed by atoms with E-state index in [1.807, 2.05) is 23.0 Å². The van der Waals surface area contributed by atoms with Gasteiger partial charge in [0.05, 0.1) is 0 Å². The van der Waals surface area contributed by atoms with E-state index in [1.54, 1.807) is 0 Å². The van der Waals surface area contributed by atoms with E-state index in [4.69, 9.17) is 0 Å². The van der Waals surface area contributed by atoms with Crippen molar-refractivity contribution >= 4 is 27.4 Å². The third kappa shape index (κ3) is 2.48. The number of aromatic nitrogens is 3. The number of hydrogen-bond acceptors (Lipinski definition) is 3. The Kier molecular flexibility index (Phi) is 3.73. The molecule has 1 saturated carbocycles. The van der Waals surface area contributed by atoms with Gasteiger partial charge in [0.2, 0.25) is 0 Å². The molecule has 0 spiro atoms. The fourth-order valence-electron chi connectivity index (χ4n) is 3.05. The molecule has 5 heteroatoms. The Morgan fingerprint density at radius 1 is 1.37 bits per heavy atom. The molecule has 1 aliphatic rings. The number of nitrogens with zero attached hydrogens (tertiary/aromatic N) is 4. The van der Waals surface area contributed by atoms with E-state index in [9.17, 15) is 0 Å². The minimum atomic E-state index is 0.612. The topological polar surface area (TPSA) is 33.4 Å². The fraction of sp³-hybridized carbons (Fsp3) is 0.571. The van der Waals surface area contributed by atoms with E-state index in [-0.39, 0.29) is 0 Å². The third-order valence-electron chi connectivity index (χ3n) is 3.96. The Hall–Kier alpha value is -1.10. The highest BCUT2D eigenvalue weighted by atomic mass is 79.9. The summed E-state index contributed by atoms with van der Waals surface area (Å²) in [6.07, 6.45) is 12.4. The van der Waals surface area contributed by atoms with Crippen LogP contribution in [0.5, 0.6) is 0 Å². The lowest BCUT2D eigenvalue weighted by molar-refractivity contribution is 0.416. The lowest BCUT2D eigenvalue weighted by atomic mass is 9.94. The molecule has 102 valence electrons. The highest BCUT2D eigenvalue weighted by Gasteiger charge is 2.23. The Balaban J connectivity index is 2.02. The van der Waals surface area contributed by atoms with Crippen LogP contribution in [-0.4, -0.2) is 27.0 Å². The van der Waals surface area contributed by atoms with E-state index >= 15 is 0 Å². The summed E-state index contributed by atoms with van der Waals surface area (Å²) in [5.74, 6) is 1.01. The first kappa shape index (κ1) is 12.9. The van der Waals surface area contributed by atoms with Crippen molar-refractivity contribution in [2.45, 2.75) is 45.1 Å². The minimum absolute atomic E-state index is 0.612. The number of rotatable bonds is 3. The van der Waals surface area contributed by atoms with Gasteiger partial charge in [0.15, 0.2) is 11.5 Å². The van der Waals surface area contributed by atoms with Crippen molar-refractivity contribution in [1.29, 1.82) is 0 Å². The van der Waals surface area contributed by atoms with Crippen LogP contribution in [0.1, 0.15) is 39.0 Å². The normalized spacial score (nSPS) is 16.9. The SMILES string of the molecule is CCN(c1nc(Br)cn2ccnc12)C1CCCCC1. The maximum Gasteiger partial charge on any atom is 0.180 e. The molecule has 0 radical (unpaired) electrons. The molecule has 3 rings (SSSR count). The van der Waals surface area contributed by atoms with E-state index in [0.717, 1.165) is 22.6 Å². The Bertz CT molecular complexity index is 560. The second-order valence-corrected chi connectivity index (χ2v) is 5.94. The second-order valence-electron chi connectivity index (χ2n) is 5.12. The molecule has 0 aliphatic heterocycles. The minimum Gasteiger partial charge on any atom is -0.351 e. The van der Waals surface area contributed by atoms with E-state index < -0.39 is 0 Å². The Morgan fingerprint density at radius 2 is 2.16 bits per heavy atom. The number of hydrogen-bond donors (Lipinski definition) is 0. The molecule has 0 N–H and O–H groups in total. The first-order valence-electron chi connectivity index (χ1n) is 7.05. The standard InChI is InChI=1S/C14H19BrN4/c1-2-19(11-6-4-3-5-7-11)14-13-16-8-9-18(13)10-12(15)17-14/h8-11H,2-7H2,1H3. The van der Waals surface area contributed by atoms with E-state index in [1.165, 1.54) is 32.1 Å². The molecule has 0 bridgehead atoms. The quantitative estimate of drug-likeness (QED) is 0.864. The van der Waals surface area contributed by atoms with Crippen molar-refractivity contribution in [3.8, 4) is 0 Å². The van der Waals surface area contributed by atoms with Gasteiger partial charge in [-0.1, -0.05) is 19.3 Å². The smallest absolute Gasteiger partial charge is 0.180 e. The summed E-state index contributed by atoms with van der Waals surface area (Å²) >= 11 is 3.50. The molecule has 2 heterocycles. The monoisotopic (exact) mass is 322 g/mol. The predicted molar refractivity (Wildman–Crippen MR) is 80.6 cm³/mol. The first-order valence-corrected chi connectivity index (χ1v) is 7.84. The van der Waals surface area contributed by atoms with Gasteiger partial charge in [-0.25, -0.2) is 9.97 Å². The summed E-state index contributed by atoms with van der Waals surface area (Å²) in [5, 5.41) is 0. The first-order chi connectivity index (χ1) is 9.29. The lowest BCUT2D eigenvalue weighted by Gasteiger charge is -2.34. The molecule has 1 aliphatic carbocycles. The van der Waals surface area contributed by atoms with Crippen LogP contribution >= 0.6 is 15.9 Å². The summed E-state index contributed by atoms with van der Waals surface area (Å²) < 4.78 is 2.90. The molecule has 4 nitrogen and oxygen atoms in total. The number of anilines is 1. The Labute approximate surface area is 122 Å². The highest BCUT2D eigenvalue weighted by molar-refractivity contribution is 9.10. The predicted octanol–water partition coefficient (Wildman–Crippen LogP) is 3.65. The largest absolute Gasteiger partial charge is 0.351 e. The molecular formula is C14H19BrN4. The molecule has 0 amide bonds. The van der Waals surface area contributed by atoms with Crippen molar-refractivity contribution in [3.63, 3.8) is 0 Å². The summed E-state index contributed by atoms with van der Waals surface area (Å²) in [6.45, 7) is 3.19. The lowest BCUT2D eigenvalue weighted by Crippen LogP contribution is -2.37. The number of imidazole rings is 1. The number of halogens is 1. The van der Waals surface area contributed by atoms with Gasteiger partial charge in [0.25, 0.3) is 0 Å². The zero-order valence-electron chi connectivity index (χ0n) is 11.2. The molecule has 2 aromatic heterocycles. The van der Waals surface area contributed by atoms with Crippen molar-refractivity contribution in [3.05, 3.63) is 23.2 Å². The van der Waals surface area contributed by atoms with Gasteiger partial charge in [0.1, 0.15) is 4.60 Å². The van der Waals surface area contributed by atoms with Crippen LogP contribution in [-0.2, 0) is 0 Å². The van der Waals surface area contributed by atoms with Crippen LogP contribution in [0.3, 0.4) is 0 Å². The third-order valence-corrected chi connectivity index (χ3v) is 4.34. The van der Waals surface area contributed by atoms with Gasteiger partial charge >= 0.3 is 0 Å². The van der Waals surface area contributed by atoms with Gasteiger partial charge in [-0.05, 0) is 35.7 Å². The highest BCUT2D eigenvalue weighted by Crippen LogP contribution is 2.29. The molecule has 0 aromatic carbocycles. The van der Waals surface area contributed by atoms with Crippen LogP contribution in [0.25, 0.3) is 5.65 Å². The van der Waals surface area contributed by atoms with Crippen LogP contribution in [0.2, 0.25) is 0 Å². The van der Waals surface area contributed by atoms with Crippen molar-refractivity contribution in [2.24, 2.45) is 0 Å². The van der Waals surface area contributed by atoms with Crippen molar-refractivity contribution in [2.75, 3.05) is 11.4 Å². The molecule has 19 heavy (non-hydrogen) atoms. The van der Waals surface area contributed by atoms with Crippen LogP contribution in [0.4, 0.5) is 5.82 Å². The van der Waals surface area contributed by atoms with Gasteiger partial charge in [0, 0.05) is 31.2 Å². The molecule has 1 fully saturated rings. The van der Waals surface area contributed by atoms with Gasteiger partial charge in [-0.15, -0.1) is 0 Å². The summed E-state index contributed by atoms with van der Waals surface area (Å²) in [7, 11) is 0. The van der Waals surface area contributed by atoms with Gasteiger partial charge in [-0.3, -0.25) is 0 Å². The fourth-order valence-corrected chi connectivity index (χ4v) is 3.44. The average Bonchev–Trinajstić information content (AvgIpc) is 2.89. The zero-order chi connectivity index (χ0) is 13.2. The average molecular weight is 323 g/mol. The van der Waals surface area contributed by atoms with Gasteiger partial charge < -0.3 is 9.30 Å². The summed E-state index contributed by atoms with van der Waals surface area (Å²) in [4.78, 5) is 11.6. The van der Waals surface area contributed by atoms with E-state index in [2.05, 4.69) is 37.7 Å². The maximum absolute atomic E-state index is 4.68. The zero-order valence-corrected chi connectivity index (χ0v) is 12.8.